The predicted molar refractivity (Wildman–Crippen MR) is 236 cm³/mol. The highest BCUT2D eigenvalue weighted by atomic mass is 14.2. The second kappa shape index (κ2) is 14.4. The molecule has 0 spiro atoms. The molecule has 0 heterocycles. The standard InChI is InChI=1S/C54H54/c1-31-18-49(19-32(2)39(31)9)52-29-48(30-53(42(52)12)50-20-33(3)40(10)34(4)21-50)47-27-45(43-16-14-13-15-17-43)26-46(28-47)44-24-37(7)54(38(8)25-44)51-22-35(5)41(11)36(6)23-51/h13-30H,1-12H3. The third-order valence-electron chi connectivity index (χ3n) is 12.3. The zero-order valence-corrected chi connectivity index (χ0v) is 34.4. The maximum atomic E-state index is 2.44. The van der Waals surface area contributed by atoms with Crippen LogP contribution in [0.5, 0.6) is 0 Å². The Hall–Kier alpha value is -5.46. The van der Waals surface area contributed by atoms with E-state index in [0.717, 1.165) is 0 Å². The van der Waals surface area contributed by atoms with Gasteiger partial charge >= 0.3 is 0 Å². The molecule has 270 valence electrons. The van der Waals surface area contributed by atoms with Gasteiger partial charge in [0.2, 0.25) is 0 Å². The lowest BCUT2D eigenvalue weighted by atomic mass is 9.84. The van der Waals surface area contributed by atoms with E-state index < -0.39 is 0 Å². The summed E-state index contributed by atoms with van der Waals surface area (Å²) in [5.41, 5.74) is 31.2. The lowest BCUT2D eigenvalue weighted by molar-refractivity contribution is 1.26. The van der Waals surface area contributed by atoms with Crippen LogP contribution in [0.3, 0.4) is 0 Å². The summed E-state index contributed by atoms with van der Waals surface area (Å²) in [7, 11) is 0. The summed E-state index contributed by atoms with van der Waals surface area (Å²) in [5, 5.41) is 0. The van der Waals surface area contributed by atoms with Crippen LogP contribution < -0.4 is 0 Å². The maximum Gasteiger partial charge on any atom is -0.0125 e. The maximum absolute atomic E-state index is 2.44. The van der Waals surface area contributed by atoms with Gasteiger partial charge in [-0.05, 0) is 247 Å². The number of hydrogen-bond donors (Lipinski definition) is 0. The molecule has 7 aromatic carbocycles. The zero-order chi connectivity index (χ0) is 38.6. The van der Waals surface area contributed by atoms with Crippen LogP contribution in [0.25, 0.3) is 66.8 Å². The monoisotopic (exact) mass is 702 g/mol. The molecular formula is C54H54. The van der Waals surface area contributed by atoms with Crippen molar-refractivity contribution in [1.29, 1.82) is 0 Å². The van der Waals surface area contributed by atoms with Crippen LogP contribution >= 0.6 is 0 Å². The third-order valence-corrected chi connectivity index (χ3v) is 12.3. The first-order chi connectivity index (χ1) is 25.7. The normalized spacial score (nSPS) is 11.3. The summed E-state index contributed by atoms with van der Waals surface area (Å²) in [4.78, 5) is 0. The summed E-state index contributed by atoms with van der Waals surface area (Å²) in [5.74, 6) is 0. The summed E-state index contributed by atoms with van der Waals surface area (Å²) in [6.45, 7) is 27.0. The zero-order valence-electron chi connectivity index (χ0n) is 34.4. The minimum Gasteiger partial charge on any atom is -0.0622 e. The van der Waals surface area contributed by atoms with E-state index in [4.69, 9.17) is 0 Å². The average molecular weight is 703 g/mol. The number of rotatable bonds is 6. The minimum absolute atomic E-state index is 1.22. The van der Waals surface area contributed by atoms with Gasteiger partial charge in [0.05, 0.1) is 0 Å². The van der Waals surface area contributed by atoms with E-state index in [1.54, 1.807) is 0 Å². The molecule has 0 saturated carbocycles. The van der Waals surface area contributed by atoms with E-state index >= 15 is 0 Å². The Morgan fingerprint density at radius 3 is 0.907 bits per heavy atom. The van der Waals surface area contributed by atoms with Crippen molar-refractivity contribution < 1.29 is 0 Å². The van der Waals surface area contributed by atoms with Gasteiger partial charge in [-0.1, -0.05) is 78.9 Å². The molecule has 0 aromatic heterocycles. The van der Waals surface area contributed by atoms with Crippen LogP contribution in [0.4, 0.5) is 0 Å². The molecular weight excluding hydrogens is 649 g/mol. The van der Waals surface area contributed by atoms with E-state index in [1.165, 1.54) is 134 Å². The smallest absolute Gasteiger partial charge is 0.0125 e. The molecule has 0 unspecified atom stereocenters. The van der Waals surface area contributed by atoms with Gasteiger partial charge < -0.3 is 0 Å². The van der Waals surface area contributed by atoms with Gasteiger partial charge in [0.15, 0.2) is 0 Å². The Morgan fingerprint density at radius 2 is 0.519 bits per heavy atom. The van der Waals surface area contributed by atoms with Crippen LogP contribution in [0.2, 0.25) is 0 Å². The quantitative estimate of drug-likeness (QED) is 0.162. The van der Waals surface area contributed by atoms with Gasteiger partial charge in [-0.15, -0.1) is 0 Å². The van der Waals surface area contributed by atoms with Crippen molar-refractivity contribution >= 4 is 0 Å². The molecule has 0 radical (unpaired) electrons. The summed E-state index contributed by atoms with van der Waals surface area (Å²) in [6.07, 6.45) is 0. The summed E-state index contributed by atoms with van der Waals surface area (Å²) in [6, 6.07) is 41.9. The molecule has 7 aromatic rings. The van der Waals surface area contributed by atoms with Gasteiger partial charge in [0, 0.05) is 0 Å². The van der Waals surface area contributed by atoms with Crippen molar-refractivity contribution in [2.45, 2.75) is 83.1 Å². The molecule has 0 aliphatic heterocycles. The highest BCUT2D eigenvalue weighted by Gasteiger charge is 2.18. The van der Waals surface area contributed by atoms with E-state index in [1.807, 2.05) is 0 Å². The van der Waals surface area contributed by atoms with Crippen LogP contribution in [-0.4, -0.2) is 0 Å². The second-order valence-corrected chi connectivity index (χ2v) is 16.1. The molecule has 0 bridgehead atoms. The van der Waals surface area contributed by atoms with E-state index in [0.29, 0.717) is 0 Å². The first kappa shape index (κ1) is 36.9. The molecule has 0 atom stereocenters. The van der Waals surface area contributed by atoms with Crippen molar-refractivity contribution in [2.24, 2.45) is 0 Å². The predicted octanol–water partition coefficient (Wildman–Crippen LogP) is 15.4. The molecule has 0 heteroatoms. The average Bonchev–Trinajstić information content (AvgIpc) is 3.14. The second-order valence-electron chi connectivity index (χ2n) is 16.1. The van der Waals surface area contributed by atoms with E-state index in [2.05, 4.69) is 192 Å². The lowest BCUT2D eigenvalue weighted by Gasteiger charge is -2.20. The van der Waals surface area contributed by atoms with E-state index in [-0.39, 0.29) is 0 Å². The van der Waals surface area contributed by atoms with Crippen molar-refractivity contribution in [2.75, 3.05) is 0 Å². The number of aryl methyl sites for hydroxylation is 8. The summed E-state index contributed by atoms with van der Waals surface area (Å²) < 4.78 is 0. The molecule has 0 N–H and O–H groups in total. The van der Waals surface area contributed by atoms with Crippen molar-refractivity contribution in [3.63, 3.8) is 0 Å². The Bertz CT molecular complexity index is 2420. The molecule has 0 saturated heterocycles. The Balaban J connectivity index is 1.48. The highest BCUT2D eigenvalue weighted by Crippen LogP contribution is 2.42. The highest BCUT2D eigenvalue weighted by molar-refractivity contribution is 5.89. The van der Waals surface area contributed by atoms with Gasteiger partial charge in [0.25, 0.3) is 0 Å². The fourth-order valence-corrected chi connectivity index (χ4v) is 8.39. The van der Waals surface area contributed by atoms with E-state index in [9.17, 15) is 0 Å². The van der Waals surface area contributed by atoms with Crippen LogP contribution in [0.1, 0.15) is 66.8 Å². The molecule has 0 amide bonds. The lowest BCUT2D eigenvalue weighted by Crippen LogP contribution is -1.96. The van der Waals surface area contributed by atoms with Crippen LogP contribution in [0, 0.1) is 83.1 Å². The largest absolute Gasteiger partial charge is 0.0622 e. The Kier molecular flexibility index (Phi) is 9.84. The van der Waals surface area contributed by atoms with Gasteiger partial charge in [0.1, 0.15) is 0 Å². The third kappa shape index (κ3) is 6.87. The molecule has 0 aliphatic carbocycles. The molecule has 54 heavy (non-hydrogen) atoms. The van der Waals surface area contributed by atoms with Crippen LogP contribution in [0.15, 0.2) is 109 Å². The van der Waals surface area contributed by atoms with Crippen molar-refractivity contribution in [1.82, 2.24) is 0 Å². The Morgan fingerprint density at radius 1 is 0.222 bits per heavy atom. The molecule has 0 fully saturated rings. The topological polar surface area (TPSA) is 0 Å². The van der Waals surface area contributed by atoms with Crippen LogP contribution in [-0.2, 0) is 0 Å². The first-order valence-corrected chi connectivity index (χ1v) is 19.4. The minimum atomic E-state index is 1.22. The fraction of sp³-hybridized carbons (Fsp3) is 0.222. The van der Waals surface area contributed by atoms with Gasteiger partial charge in [-0.2, -0.15) is 0 Å². The molecule has 7 rings (SSSR count). The first-order valence-electron chi connectivity index (χ1n) is 19.4. The number of benzene rings is 7. The van der Waals surface area contributed by atoms with Crippen molar-refractivity contribution in [3.05, 3.63) is 176 Å². The van der Waals surface area contributed by atoms with Crippen molar-refractivity contribution in [3.8, 4) is 66.8 Å². The number of hydrogen-bond acceptors (Lipinski definition) is 0. The SMILES string of the molecule is Cc1cc(-c2cc(-c3cc(-c4ccccc4)cc(-c4cc(C)c(-c5cc(C)c(C)c(C)c5)c(C)c4)c3)cc(-c3cc(C)c(C)c(C)c3)c2C)cc(C)c1C. The molecule has 0 aliphatic rings. The van der Waals surface area contributed by atoms with Gasteiger partial charge in [-0.3, -0.25) is 0 Å². The van der Waals surface area contributed by atoms with Gasteiger partial charge in [-0.25, -0.2) is 0 Å². The Labute approximate surface area is 324 Å². The summed E-state index contributed by atoms with van der Waals surface area (Å²) >= 11 is 0. The molecule has 0 nitrogen and oxygen atoms in total. The fourth-order valence-electron chi connectivity index (χ4n) is 8.39.